The molecule has 8 heteroatoms. The van der Waals surface area contributed by atoms with Crippen LogP contribution in [0.25, 0.3) is 11.1 Å². The number of ether oxygens (including phenoxy) is 1. The van der Waals surface area contributed by atoms with E-state index >= 15 is 0 Å². The van der Waals surface area contributed by atoms with Gasteiger partial charge >= 0.3 is 12.1 Å². The molecule has 0 saturated heterocycles. The molecule has 0 unspecified atom stereocenters. The molecular weight excluding hydrogens is 496 g/mol. The van der Waals surface area contributed by atoms with Crippen LogP contribution >= 0.6 is 0 Å². The highest BCUT2D eigenvalue weighted by Gasteiger charge is 2.37. The lowest BCUT2D eigenvalue weighted by molar-refractivity contribution is -0.150. The maximum absolute atomic E-state index is 13.8. The summed E-state index contributed by atoms with van der Waals surface area (Å²) < 4.78 is 5.69. The molecule has 2 aromatic rings. The predicted octanol–water partition coefficient (Wildman–Crippen LogP) is 5.68. The second kappa shape index (κ2) is 12.4. The maximum Gasteiger partial charge on any atom is 0.407 e. The van der Waals surface area contributed by atoms with Crippen molar-refractivity contribution in [2.75, 3.05) is 12.8 Å². The van der Waals surface area contributed by atoms with E-state index in [4.69, 9.17) is 4.74 Å². The van der Waals surface area contributed by atoms with E-state index in [0.29, 0.717) is 12.6 Å². The predicted molar refractivity (Wildman–Crippen MR) is 153 cm³/mol. The normalized spacial score (nSPS) is 14.3. The number of benzene rings is 2. The number of hydrogen-bond acceptors (Lipinski definition) is 4. The topological polar surface area (TPSA) is 95.9 Å². The van der Waals surface area contributed by atoms with Crippen LogP contribution in [0, 0.1) is 5.92 Å². The highest BCUT2D eigenvalue weighted by atomic mass is 28.3. The van der Waals surface area contributed by atoms with Crippen LogP contribution < -0.4 is 5.32 Å². The molecule has 2 atom stereocenters. The first-order chi connectivity index (χ1) is 17.9. The number of amides is 2. The average molecular weight is 537 g/mol. The van der Waals surface area contributed by atoms with Gasteiger partial charge in [-0.2, -0.15) is 0 Å². The molecule has 1 aliphatic rings. The first-order valence-electron chi connectivity index (χ1n) is 13.2. The van der Waals surface area contributed by atoms with Crippen molar-refractivity contribution in [3.63, 3.8) is 0 Å². The minimum absolute atomic E-state index is 0.0919. The van der Waals surface area contributed by atoms with E-state index in [1.807, 2.05) is 50.2 Å². The molecule has 7 nitrogen and oxygen atoms in total. The summed E-state index contributed by atoms with van der Waals surface area (Å²) in [5, 5.41) is 12.7. The van der Waals surface area contributed by atoms with Gasteiger partial charge in [-0.3, -0.25) is 4.79 Å². The van der Waals surface area contributed by atoms with Crippen LogP contribution in [0.2, 0.25) is 19.6 Å². The van der Waals surface area contributed by atoms with Crippen LogP contribution in [0.15, 0.2) is 61.2 Å². The molecule has 2 N–H and O–H groups in total. The quantitative estimate of drug-likeness (QED) is 0.269. The number of carboxylic acid groups (broad SMARTS) is 1. The fourth-order valence-electron chi connectivity index (χ4n) is 5.05. The van der Waals surface area contributed by atoms with Gasteiger partial charge < -0.3 is 20.1 Å². The first-order valence-corrected chi connectivity index (χ1v) is 16.9. The minimum atomic E-state index is -1.88. The van der Waals surface area contributed by atoms with E-state index in [1.54, 1.807) is 0 Å². The number of carbonyl (C=O) groups is 3. The molecule has 1 aliphatic carbocycles. The van der Waals surface area contributed by atoms with Crippen molar-refractivity contribution in [2.45, 2.75) is 64.3 Å². The van der Waals surface area contributed by atoms with Gasteiger partial charge in [0.2, 0.25) is 5.91 Å². The Morgan fingerprint density at radius 3 is 2.08 bits per heavy atom. The zero-order chi connectivity index (χ0) is 28.0. The van der Waals surface area contributed by atoms with Gasteiger partial charge in [0.25, 0.3) is 0 Å². The highest BCUT2D eigenvalue weighted by Crippen LogP contribution is 2.44. The van der Waals surface area contributed by atoms with Crippen molar-refractivity contribution < 1.29 is 24.2 Å². The molecular formula is C30H40N2O5Si. The summed E-state index contributed by atoms with van der Waals surface area (Å²) >= 11 is 0. The lowest BCUT2D eigenvalue weighted by Gasteiger charge is -2.36. The lowest BCUT2D eigenvalue weighted by atomic mass is 9.98. The Kier molecular flexibility index (Phi) is 9.54. The molecule has 0 aromatic heterocycles. The Hall–Kier alpha value is -3.39. The largest absolute Gasteiger partial charge is 0.480 e. The van der Waals surface area contributed by atoms with Crippen molar-refractivity contribution in [1.29, 1.82) is 0 Å². The number of alkyl carbamates (subject to hydrolysis) is 1. The van der Waals surface area contributed by atoms with Crippen LogP contribution in [0.4, 0.5) is 4.79 Å². The number of aliphatic carboxylic acids is 1. The number of fused-ring (bicyclic) bond motifs is 3. The Bertz CT molecular complexity index is 1130. The van der Waals surface area contributed by atoms with Crippen molar-refractivity contribution in [3.8, 4) is 11.1 Å². The van der Waals surface area contributed by atoms with Crippen LogP contribution in [0.5, 0.6) is 0 Å². The van der Waals surface area contributed by atoms with Crippen molar-refractivity contribution in [3.05, 3.63) is 72.3 Å². The highest BCUT2D eigenvalue weighted by molar-refractivity contribution is 6.76. The van der Waals surface area contributed by atoms with Gasteiger partial charge in [0.15, 0.2) is 0 Å². The molecule has 2 amide bonds. The molecule has 0 heterocycles. The second-order valence-corrected chi connectivity index (χ2v) is 17.0. The molecule has 0 aliphatic heterocycles. The number of hydrogen-bond donors (Lipinski definition) is 2. The first kappa shape index (κ1) is 29.2. The van der Waals surface area contributed by atoms with E-state index in [2.05, 4.69) is 43.7 Å². The van der Waals surface area contributed by atoms with Crippen LogP contribution in [0.1, 0.15) is 43.7 Å². The van der Waals surface area contributed by atoms with Crippen molar-refractivity contribution in [1.82, 2.24) is 10.2 Å². The molecule has 0 fully saturated rings. The van der Waals surface area contributed by atoms with Gasteiger partial charge in [0.05, 0.1) is 8.07 Å². The Labute approximate surface area is 226 Å². The standard InChI is InChI=1S/C30H40N2O5Si/c1-7-12-27(29(34)35)32(19-38(4,5)6)28(33)26(17-20(2)3)31-30(36)37-18-25-23-15-10-8-13-21(23)22-14-9-11-16-24(22)25/h7-11,13-16,20,25-27H,1,12,17-19H2,2-6H3,(H,31,36)(H,34,35)/t26-,27-/m0/s1. The number of nitrogens with one attached hydrogen (secondary N) is 1. The molecule has 0 bridgehead atoms. The summed E-state index contributed by atoms with van der Waals surface area (Å²) in [5.41, 5.74) is 4.47. The van der Waals surface area contributed by atoms with Crippen molar-refractivity contribution >= 4 is 26.0 Å². The second-order valence-electron chi connectivity index (χ2n) is 11.6. The number of rotatable bonds is 12. The smallest absolute Gasteiger partial charge is 0.407 e. The summed E-state index contributed by atoms with van der Waals surface area (Å²) in [7, 11) is -1.88. The van der Waals surface area contributed by atoms with Crippen LogP contribution in [-0.4, -0.2) is 60.9 Å². The Morgan fingerprint density at radius 1 is 1.05 bits per heavy atom. The van der Waals surface area contributed by atoms with E-state index in [0.717, 1.165) is 22.3 Å². The Balaban J connectivity index is 1.78. The lowest BCUT2D eigenvalue weighted by Crippen LogP contribution is -2.58. The van der Waals surface area contributed by atoms with Gasteiger partial charge in [-0.15, -0.1) is 6.58 Å². The van der Waals surface area contributed by atoms with E-state index < -0.39 is 38.1 Å². The molecule has 0 radical (unpaired) electrons. The monoisotopic (exact) mass is 536 g/mol. The van der Waals surface area contributed by atoms with Crippen LogP contribution in [0.3, 0.4) is 0 Å². The van der Waals surface area contributed by atoms with E-state index in [-0.39, 0.29) is 24.9 Å². The SMILES string of the molecule is C=CC[C@@H](C(=O)O)N(C[Si](C)(C)C)C(=O)[C@H](CC(C)C)NC(=O)OCC1c2ccccc2-c2ccccc21. The molecule has 204 valence electrons. The molecule has 2 aromatic carbocycles. The molecule has 3 rings (SSSR count). The third-order valence-electron chi connectivity index (χ3n) is 6.62. The van der Waals surface area contributed by atoms with Gasteiger partial charge in [0.1, 0.15) is 18.7 Å². The third kappa shape index (κ3) is 7.13. The minimum Gasteiger partial charge on any atom is -0.480 e. The Morgan fingerprint density at radius 2 is 1.61 bits per heavy atom. The van der Waals surface area contributed by atoms with Gasteiger partial charge in [-0.1, -0.05) is 88.1 Å². The summed E-state index contributed by atoms with van der Waals surface area (Å²) in [6, 6.07) is 14.3. The summed E-state index contributed by atoms with van der Waals surface area (Å²) in [6.07, 6.45) is 1.68. The van der Waals surface area contributed by atoms with Crippen LogP contribution in [-0.2, 0) is 14.3 Å². The van der Waals surface area contributed by atoms with Crippen molar-refractivity contribution in [2.24, 2.45) is 5.92 Å². The summed E-state index contributed by atoms with van der Waals surface area (Å²) in [4.78, 5) is 40.3. The maximum atomic E-state index is 13.8. The average Bonchev–Trinajstić information content (AvgIpc) is 3.16. The molecule has 0 spiro atoms. The molecule has 0 saturated carbocycles. The zero-order valence-electron chi connectivity index (χ0n) is 23.1. The van der Waals surface area contributed by atoms with E-state index in [9.17, 15) is 19.5 Å². The van der Waals surface area contributed by atoms with Gasteiger partial charge in [-0.05, 0) is 41.0 Å². The summed E-state index contributed by atoms with van der Waals surface area (Å²) in [5.74, 6) is -1.49. The van der Waals surface area contributed by atoms with Gasteiger partial charge in [-0.25, -0.2) is 9.59 Å². The molecule has 38 heavy (non-hydrogen) atoms. The number of nitrogens with zero attached hydrogens (tertiary/aromatic N) is 1. The van der Waals surface area contributed by atoms with E-state index in [1.165, 1.54) is 11.0 Å². The number of carboxylic acids is 1. The third-order valence-corrected chi connectivity index (χ3v) is 7.91. The van der Waals surface area contributed by atoms with Gasteiger partial charge in [0, 0.05) is 12.1 Å². The summed E-state index contributed by atoms with van der Waals surface area (Å²) in [6.45, 7) is 14.0. The fourth-order valence-corrected chi connectivity index (χ4v) is 6.45. The number of carbonyl (C=O) groups excluding carboxylic acids is 2. The zero-order valence-corrected chi connectivity index (χ0v) is 24.1. The fraction of sp³-hybridized carbons (Fsp3) is 0.433.